The summed E-state index contributed by atoms with van der Waals surface area (Å²) in [7, 11) is 0. The van der Waals surface area contributed by atoms with Gasteiger partial charge in [-0.2, -0.15) is 0 Å². The van der Waals surface area contributed by atoms with Crippen LogP contribution in [0, 0.1) is 6.92 Å². The molecular formula is C10H12BrN. The molecule has 1 N–H and O–H groups in total. The molecule has 1 nitrogen and oxygen atoms in total. The topological polar surface area (TPSA) is 12.0 Å². The summed E-state index contributed by atoms with van der Waals surface area (Å²) in [6, 6.07) is 6.55. The van der Waals surface area contributed by atoms with Crippen LogP contribution in [0.2, 0.25) is 0 Å². The van der Waals surface area contributed by atoms with Gasteiger partial charge in [-0.3, -0.25) is 0 Å². The highest BCUT2D eigenvalue weighted by molar-refractivity contribution is 9.10. The number of nitrogens with one attached hydrogen (secondary N) is 1. The number of hydrogen-bond acceptors (Lipinski definition) is 1. The molecule has 0 aliphatic carbocycles. The number of hydrogen-bond donors (Lipinski definition) is 1. The van der Waals surface area contributed by atoms with Crippen LogP contribution in [0.25, 0.3) is 0 Å². The molecule has 1 aliphatic rings. The molecule has 0 aromatic heterocycles. The monoisotopic (exact) mass is 225 g/mol. The van der Waals surface area contributed by atoms with Crippen LogP contribution in [0.4, 0.5) is 0 Å². The summed E-state index contributed by atoms with van der Waals surface area (Å²) in [6.45, 7) is 4.39. The number of rotatable bonds is 1. The predicted molar refractivity (Wildman–Crippen MR) is 54.5 cm³/mol. The van der Waals surface area contributed by atoms with Gasteiger partial charge < -0.3 is 5.32 Å². The molecule has 1 aromatic rings. The van der Waals surface area contributed by atoms with E-state index in [1.807, 2.05) is 0 Å². The molecule has 1 aromatic carbocycles. The molecule has 1 heterocycles. The molecule has 0 bridgehead atoms. The zero-order chi connectivity index (χ0) is 8.55. The average Bonchev–Trinajstić information content (AvgIpc) is 1.93. The van der Waals surface area contributed by atoms with E-state index in [1.54, 1.807) is 0 Å². The van der Waals surface area contributed by atoms with E-state index in [4.69, 9.17) is 0 Å². The second-order valence-electron chi connectivity index (χ2n) is 3.38. The summed E-state index contributed by atoms with van der Waals surface area (Å²) in [6.07, 6.45) is 0. The quantitative estimate of drug-likeness (QED) is 0.775. The van der Waals surface area contributed by atoms with Gasteiger partial charge >= 0.3 is 0 Å². The van der Waals surface area contributed by atoms with E-state index < -0.39 is 0 Å². The first-order chi connectivity index (χ1) is 5.77. The van der Waals surface area contributed by atoms with Gasteiger partial charge in [-0.05, 0) is 18.6 Å². The number of halogens is 1. The molecule has 2 rings (SSSR count). The minimum absolute atomic E-state index is 0.722. The third kappa shape index (κ3) is 1.41. The fraction of sp³-hybridized carbons (Fsp3) is 0.400. The van der Waals surface area contributed by atoms with E-state index in [9.17, 15) is 0 Å². The van der Waals surface area contributed by atoms with E-state index in [1.165, 1.54) is 15.6 Å². The Bertz CT molecular complexity index is 292. The third-order valence-corrected chi connectivity index (χ3v) is 3.09. The molecule has 2 heteroatoms. The zero-order valence-electron chi connectivity index (χ0n) is 7.10. The highest BCUT2D eigenvalue weighted by Crippen LogP contribution is 2.28. The molecule has 0 atom stereocenters. The Labute approximate surface area is 81.3 Å². The lowest BCUT2D eigenvalue weighted by atomic mass is 9.93. The van der Waals surface area contributed by atoms with Gasteiger partial charge in [-0.15, -0.1) is 0 Å². The van der Waals surface area contributed by atoms with Gasteiger partial charge in [0.2, 0.25) is 0 Å². The van der Waals surface area contributed by atoms with Crippen LogP contribution in [0.3, 0.4) is 0 Å². The Hall–Kier alpha value is -0.340. The Kier molecular flexibility index (Phi) is 2.20. The molecule has 0 unspecified atom stereocenters. The maximum absolute atomic E-state index is 3.58. The van der Waals surface area contributed by atoms with E-state index >= 15 is 0 Å². The van der Waals surface area contributed by atoms with Crippen LogP contribution in [0.1, 0.15) is 17.0 Å². The van der Waals surface area contributed by atoms with Crippen molar-refractivity contribution in [3.63, 3.8) is 0 Å². The minimum atomic E-state index is 0.722. The largest absolute Gasteiger partial charge is 0.315 e. The van der Waals surface area contributed by atoms with Crippen molar-refractivity contribution in [2.75, 3.05) is 13.1 Å². The van der Waals surface area contributed by atoms with E-state index in [0.717, 1.165) is 19.0 Å². The summed E-state index contributed by atoms with van der Waals surface area (Å²) >= 11 is 3.58. The van der Waals surface area contributed by atoms with E-state index in [0.29, 0.717) is 0 Å². The smallest absolute Gasteiger partial charge is 0.0211 e. The van der Waals surface area contributed by atoms with Gasteiger partial charge in [0.25, 0.3) is 0 Å². The van der Waals surface area contributed by atoms with Crippen molar-refractivity contribution in [1.82, 2.24) is 5.32 Å². The van der Waals surface area contributed by atoms with Crippen molar-refractivity contribution < 1.29 is 0 Å². The van der Waals surface area contributed by atoms with Gasteiger partial charge in [0, 0.05) is 23.5 Å². The van der Waals surface area contributed by atoms with Crippen molar-refractivity contribution >= 4 is 15.9 Å². The van der Waals surface area contributed by atoms with Crippen molar-refractivity contribution in [2.24, 2.45) is 0 Å². The lowest BCUT2D eigenvalue weighted by Crippen LogP contribution is -2.40. The van der Waals surface area contributed by atoms with Crippen LogP contribution in [-0.2, 0) is 0 Å². The molecule has 1 aliphatic heterocycles. The molecular weight excluding hydrogens is 214 g/mol. The van der Waals surface area contributed by atoms with E-state index in [-0.39, 0.29) is 0 Å². The molecule has 0 saturated carbocycles. The summed E-state index contributed by atoms with van der Waals surface area (Å²) in [5.41, 5.74) is 2.80. The lowest BCUT2D eigenvalue weighted by Gasteiger charge is -2.28. The minimum Gasteiger partial charge on any atom is -0.315 e. The van der Waals surface area contributed by atoms with Gasteiger partial charge in [0.05, 0.1) is 0 Å². The zero-order valence-corrected chi connectivity index (χ0v) is 8.69. The van der Waals surface area contributed by atoms with Crippen molar-refractivity contribution in [3.05, 3.63) is 33.8 Å². The first-order valence-corrected chi connectivity index (χ1v) is 5.03. The van der Waals surface area contributed by atoms with E-state index in [2.05, 4.69) is 46.4 Å². The fourth-order valence-corrected chi connectivity index (χ4v) is 2.05. The molecule has 1 saturated heterocycles. The van der Waals surface area contributed by atoms with Crippen molar-refractivity contribution in [3.8, 4) is 0 Å². The molecule has 12 heavy (non-hydrogen) atoms. The van der Waals surface area contributed by atoms with Crippen LogP contribution in [-0.4, -0.2) is 13.1 Å². The third-order valence-electron chi connectivity index (χ3n) is 2.37. The molecule has 0 spiro atoms. The lowest BCUT2D eigenvalue weighted by molar-refractivity contribution is 0.447. The first kappa shape index (κ1) is 8.27. The summed E-state index contributed by atoms with van der Waals surface area (Å²) in [5.74, 6) is 0.722. The second kappa shape index (κ2) is 3.19. The summed E-state index contributed by atoms with van der Waals surface area (Å²) < 4.78 is 1.25. The normalized spacial score (nSPS) is 17.5. The number of benzene rings is 1. The van der Waals surface area contributed by atoms with Gasteiger partial charge in [-0.1, -0.05) is 33.6 Å². The Balaban J connectivity index is 2.34. The maximum atomic E-state index is 3.58. The van der Waals surface area contributed by atoms with Crippen molar-refractivity contribution in [1.29, 1.82) is 0 Å². The predicted octanol–water partition coefficient (Wildman–Crippen LogP) is 2.44. The van der Waals surface area contributed by atoms with Crippen LogP contribution in [0.15, 0.2) is 22.7 Å². The summed E-state index contributed by atoms with van der Waals surface area (Å²) in [4.78, 5) is 0. The fourth-order valence-electron chi connectivity index (χ4n) is 1.48. The SMILES string of the molecule is Cc1ccc(Br)c(C2CNC2)c1. The highest BCUT2D eigenvalue weighted by atomic mass is 79.9. The Morgan fingerprint density at radius 2 is 2.17 bits per heavy atom. The van der Waals surface area contributed by atoms with Gasteiger partial charge in [-0.25, -0.2) is 0 Å². The van der Waals surface area contributed by atoms with Crippen LogP contribution < -0.4 is 5.32 Å². The van der Waals surface area contributed by atoms with Crippen LogP contribution >= 0.6 is 15.9 Å². The Morgan fingerprint density at radius 1 is 1.42 bits per heavy atom. The standard InChI is InChI=1S/C10H12BrN/c1-7-2-3-10(11)9(4-7)8-5-12-6-8/h2-4,8,12H,5-6H2,1H3. The second-order valence-corrected chi connectivity index (χ2v) is 4.23. The van der Waals surface area contributed by atoms with Gasteiger partial charge in [0.15, 0.2) is 0 Å². The average molecular weight is 226 g/mol. The van der Waals surface area contributed by atoms with Crippen molar-refractivity contribution in [2.45, 2.75) is 12.8 Å². The van der Waals surface area contributed by atoms with Gasteiger partial charge in [0.1, 0.15) is 0 Å². The maximum Gasteiger partial charge on any atom is 0.0211 e. The van der Waals surface area contributed by atoms with Crippen LogP contribution in [0.5, 0.6) is 0 Å². The molecule has 64 valence electrons. The molecule has 0 radical (unpaired) electrons. The molecule has 1 fully saturated rings. The molecule has 0 amide bonds. The first-order valence-electron chi connectivity index (χ1n) is 4.24. The Morgan fingerprint density at radius 3 is 2.75 bits per heavy atom. The summed E-state index contributed by atoms with van der Waals surface area (Å²) in [5, 5.41) is 3.29. The number of aryl methyl sites for hydroxylation is 1. The highest BCUT2D eigenvalue weighted by Gasteiger charge is 2.20.